The van der Waals surface area contributed by atoms with E-state index in [0.717, 1.165) is 27.1 Å². The summed E-state index contributed by atoms with van der Waals surface area (Å²) in [7, 11) is 2.00. The standard InChI is InChI=1S/C10H15.2C5H5.C3H5.2CH4O.Zr/c1-7-6-10(4,5)9(3)8(7)2;2*1-2-4-5-3-1;1-3-2;2*1-2;/h1-5H3;2*1-3H,4H2;3H,1-2H2;2*2H,1H3;. The molecular formula is C25H38O2Zr. The van der Waals surface area contributed by atoms with Gasteiger partial charge in [-0.05, 0) is 0 Å². The van der Waals surface area contributed by atoms with Crippen molar-refractivity contribution in [3.05, 3.63) is 75.7 Å². The van der Waals surface area contributed by atoms with Crippen molar-refractivity contribution < 1.29 is 30.5 Å². The first kappa shape index (κ1) is 25.0. The van der Waals surface area contributed by atoms with Gasteiger partial charge in [0.05, 0.1) is 0 Å². The topological polar surface area (TPSA) is 40.5 Å². The average Bonchev–Trinajstić information content (AvgIpc) is 3.45. The fourth-order valence-electron chi connectivity index (χ4n) is 5.08. The van der Waals surface area contributed by atoms with Crippen LogP contribution in [-0.2, 0) is 20.3 Å². The number of hydrogen-bond acceptors (Lipinski definition) is 2. The first-order valence-corrected chi connectivity index (χ1v) is 15.4. The molecule has 3 aliphatic carbocycles. The normalized spacial score (nSPS) is 19.8. The number of allylic oxidation sites excluding steroid dienone is 13. The molecule has 0 aliphatic heterocycles. The molecular weight excluding hydrogens is 423 g/mol. The Balaban J connectivity index is 0.000000921. The smallest absolute Gasteiger partial charge is 0.0319 e. The minimum absolute atomic E-state index is 0.181. The Morgan fingerprint density at radius 3 is 1.68 bits per heavy atom. The fourth-order valence-corrected chi connectivity index (χ4v) is 19.8. The van der Waals surface area contributed by atoms with Crippen molar-refractivity contribution in [2.75, 3.05) is 14.2 Å². The minimum atomic E-state index is -2.95. The molecule has 0 unspecified atom stereocenters. The van der Waals surface area contributed by atoms with Gasteiger partial charge in [-0.25, -0.2) is 0 Å². The molecule has 3 heteroatoms. The van der Waals surface area contributed by atoms with Crippen LogP contribution in [0, 0.1) is 5.41 Å². The number of rotatable bonds is 5. The second-order valence-electron chi connectivity index (χ2n) is 7.92. The second-order valence-corrected chi connectivity index (χ2v) is 17.8. The van der Waals surface area contributed by atoms with Gasteiger partial charge in [0.25, 0.3) is 0 Å². The summed E-state index contributed by atoms with van der Waals surface area (Å²) in [6, 6.07) is 0. The maximum absolute atomic E-state index is 7.00. The van der Waals surface area contributed by atoms with Crippen LogP contribution in [0.3, 0.4) is 0 Å². The maximum atomic E-state index is 7.00. The van der Waals surface area contributed by atoms with Crippen LogP contribution in [-0.4, -0.2) is 24.4 Å². The van der Waals surface area contributed by atoms with Crippen molar-refractivity contribution >= 4 is 0 Å². The Labute approximate surface area is 176 Å². The van der Waals surface area contributed by atoms with Crippen molar-refractivity contribution in [2.24, 2.45) is 5.41 Å². The van der Waals surface area contributed by atoms with Crippen LogP contribution < -0.4 is 0 Å². The molecule has 0 heterocycles. The number of hydrogen-bond donors (Lipinski definition) is 2. The molecule has 0 aromatic carbocycles. The van der Waals surface area contributed by atoms with E-state index >= 15 is 0 Å². The quantitative estimate of drug-likeness (QED) is 0.472. The van der Waals surface area contributed by atoms with E-state index in [1.165, 1.54) is 9.70 Å². The van der Waals surface area contributed by atoms with Gasteiger partial charge in [-0.1, -0.05) is 0 Å². The third-order valence-electron chi connectivity index (χ3n) is 6.58. The fraction of sp³-hybridized carbons (Fsp3) is 0.440. The third kappa shape index (κ3) is 4.13. The molecule has 0 spiro atoms. The molecule has 154 valence electrons. The van der Waals surface area contributed by atoms with Gasteiger partial charge in [0.1, 0.15) is 0 Å². The Morgan fingerprint density at radius 2 is 1.39 bits per heavy atom. The van der Waals surface area contributed by atoms with Crippen LogP contribution >= 0.6 is 0 Å². The van der Waals surface area contributed by atoms with E-state index < -0.39 is 20.3 Å². The summed E-state index contributed by atoms with van der Waals surface area (Å²) in [5.74, 6) is 0. The van der Waals surface area contributed by atoms with Crippen LogP contribution in [0.5, 0.6) is 0 Å². The summed E-state index contributed by atoms with van der Waals surface area (Å²) in [6.45, 7) is 16.2. The summed E-state index contributed by atoms with van der Waals surface area (Å²) >= 11 is -2.95. The molecule has 2 nitrogen and oxygen atoms in total. The molecule has 0 aromatic rings. The summed E-state index contributed by atoms with van der Waals surface area (Å²) in [5, 5.41) is 14.0. The summed E-state index contributed by atoms with van der Waals surface area (Å²) in [4.78, 5) is 0. The Morgan fingerprint density at radius 1 is 0.929 bits per heavy atom. The van der Waals surface area contributed by atoms with Gasteiger partial charge < -0.3 is 10.2 Å². The van der Waals surface area contributed by atoms with Crippen LogP contribution in [0.4, 0.5) is 0 Å². The second kappa shape index (κ2) is 10.7. The Hall–Kier alpha value is -1.02. The van der Waals surface area contributed by atoms with E-state index in [1.54, 1.807) is 21.0 Å². The summed E-state index contributed by atoms with van der Waals surface area (Å²) in [5.41, 5.74) is 4.85. The van der Waals surface area contributed by atoms with Crippen molar-refractivity contribution in [2.45, 2.75) is 51.6 Å². The van der Waals surface area contributed by atoms with Crippen LogP contribution in [0.15, 0.2) is 75.7 Å². The average molecular weight is 462 g/mol. The molecule has 0 bridgehead atoms. The number of aliphatic hydroxyl groups excluding tert-OH is 2. The third-order valence-corrected chi connectivity index (χ3v) is 20.6. The molecule has 28 heavy (non-hydrogen) atoms. The monoisotopic (exact) mass is 460 g/mol. The summed E-state index contributed by atoms with van der Waals surface area (Å²) in [6.07, 6.45) is 18.6. The molecule has 0 aromatic heterocycles. The molecule has 0 fully saturated rings. The van der Waals surface area contributed by atoms with Crippen molar-refractivity contribution in [1.82, 2.24) is 0 Å². The van der Waals surface area contributed by atoms with E-state index in [9.17, 15) is 0 Å². The first-order valence-electron chi connectivity index (χ1n) is 10.00. The van der Waals surface area contributed by atoms with Gasteiger partial charge >= 0.3 is 153 Å². The molecule has 0 amide bonds. The predicted molar refractivity (Wildman–Crippen MR) is 120 cm³/mol. The molecule has 2 N–H and O–H groups in total. The zero-order chi connectivity index (χ0) is 21.5. The number of aliphatic hydroxyl groups is 2. The zero-order valence-corrected chi connectivity index (χ0v) is 21.2. The first-order chi connectivity index (χ1) is 13.4. The minimum Gasteiger partial charge on any atom is -0.400 e. The van der Waals surface area contributed by atoms with E-state index in [-0.39, 0.29) is 5.41 Å². The Kier molecular flexibility index (Phi) is 9.54. The zero-order valence-electron chi connectivity index (χ0n) is 18.8. The molecule has 3 aliphatic rings. The van der Waals surface area contributed by atoms with Crippen molar-refractivity contribution in [1.29, 1.82) is 0 Å². The van der Waals surface area contributed by atoms with Crippen LogP contribution in [0.1, 0.15) is 47.5 Å². The van der Waals surface area contributed by atoms with Gasteiger partial charge in [0.2, 0.25) is 0 Å². The molecule has 0 saturated heterocycles. The molecule has 0 radical (unpaired) electrons. The molecule has 0 atom stereocenters. The SMILES string of the molecule is C=C[CH2][Zr]([C]1=CC=CC1)([C]1=CC=CC1)[C]1=C(C)C(C)=C(C)C1(C)C.CO.CO. The van der Waals surface area contributed by atoms with Crippen molar-refractivity contribution in [3.8, 4) is 0 Å². The van der Waals surface area contributed by atoms with Crippen molar-refractivity contribution in [3.63, 3.8) is 0 Å². The van der Waals surface area contributed by atoms with E-state index in [1.807, 2.05) is 0 Å². The Bertz CT molecular complexity index is 740. The maximum Gasteiger partial charge on any atom is 0.0319 e. The van der Waals surface area contributed by atoms with Gasteiger partial charge in [-0.3, -0.25) is 0 Å². The van der Waals surface area contributed by atoms with Crippen LogP contribution in [0.25, 0.3) is 0 Å². The van der Waals surface area contributed by atoms with Gasteiger partial charge in [-0.15, -0.1) is 0 Å². The van der Waals surface area contributed by atoms with E-state index in [4.69, 9.17) is 10.2 Å². The van der Waals surface area contributed by atoms with E-state index in [2.05, 4.69) is 83.7 Å². The molecule has 3 rings (SSSR count). The van der Waals surface area contributed by atoms with Crippen LogP contribution in [0.2, 0.25) is 4.13 Å². The van der Waals surface area contributed by atoms with E-state index in [0.29, 0.717) is 0 Å². The molecule has 0 saturated carbocycles. The summed E-state index contributed by atoms with van der Waals surface area (Å²) < 4.78 is 6.47. The van der Waals surface area contributed by atoms with Gasteiger partial charge in [0, 0.05) is 14.2 Å². The van der Waals surface area contributed by atoms with Gasteiger partial charge in [-0.2, -0.15) is 0 Å². The largest absolute Gasteiger partial charge is 0.400 e. The predicted octanol–water partition coefficient (Wildman–Crippen LogP) is 6.30. The van der Waals surface area contributed by atoms with Gasteiger partial charge in [0.15, 0.2) is 0 Å².